The van der Waals surface area contributed by atoms with Crippen LogP contribution in [0.5, 0.6) is 0 Å². The van der Waals surface area contributed by atoms with E-state index in [0.29, 0.717) is 0 Å². The summed E-state index contributed by atoms with van der Waals surface area (Å²) in [4.78, 5) is 4.37. The van der Waals surface area contributed by atoms with E-state index in [-0.39, 0.29) is 0 Å². The van der Waals surface area contributed by atoms with Crippen LogP contribution in [0.15, 0.2) is 30.5 Å². The third kappa shape index (κ3) is 2.44. The Balaban J connectivity index is 2.24. The van der Waals surface area contributed by atoms with Crippen LogP contribution in [-0.2, 0) is 6.54 Å². The first kappa shape index (κ1) is 9.93. The number of pyridine rings is 1. The number of rotatable bonds is 2. The fraction of sp³-hybridized carbons (Fsp3) is 0.250. The molecule has 0 spiro atoms. The number of nitrogens with one attached hydrogen (secondary N) is 2. The van der Waals surface area contributed by atoms with Gasteiger partial charge >= 0.3 is 0 Å². The van der Waals surface area contributed by atoms with E-state index in [9.17, 15) is 0 Å². The second-order valence-electron chi connectivity index (χ2n) is 3.74. The van der Waals surface area contributed by atoms with Crippen LogP contribution in [0.1, 0.15) is 18.1 Å². The van der Waals surface area contributed by atoms with Gasteiger partial charge in [-0.1, -0.05) is 24.3 Å². The molecule has 0 radical (unpaired) electrons. The van der Waals surface area contributed by atoms with Gasteiger partial charge in [0.25, 0.3) is 0 Å². The number of fused-ring (bicyclic) bond motifs is 1. The van der Waals surface area contributed by atoms with Gasteiger partial charge in [0.2, 0.25) is 0 Å². The molecule has 1 aromatic rings. The molecule has 1 aromatic heterocycles. The molecule has 0 aromatic carbocycles. The maximum Gasteiger partial charge on any atom is 0.131 e. The lowest BCUT2D eigenvalue weighted by Crippen LogP contribution is -2.28. The van der Waals surface area contributed by atoms with Gasteiger partial charge in [0.05, 0.1) is 6.67 Å². The molecular formula is C12H15N3. The van der Waals surface area contributed by atoms with Crippen LogP contribution in [0.2, 0.25) is 0 Å². The topological polar surface area (TPSA) is 37.0 Å². The van der Waals surface area contributed by atoms with Gasteiger partial charge in [-0.3, -0.25) is 5.32 Å². The Labute approximate surface area is 89.9 Å². The lowest BCUT2D eigenvalue weighted by molar-refractivity contribution is 0.702. The van der Waals surface area contributed by atoms with E-state index in [1.807, 2.05) is 25.3 Å². The van der Waals surface area contributed by atoms with E-state index in [0.717, 1.165) is 30.2 Å². The minimum absolute atomic E-state index is 0.793. The first-order valence-electron chi connectivity index (χ1n) is 5.03. The summed E-state index contributed by atoms with van der Waals surface area (Å²) in [6.45, 7) is 7.48. The SMILES string of the molecule is C=C(C)/C=C/c1cnc2c(c1)CNCN2. The summed E-state index contributed by atoms with van der Waals surface area (Å²) in [7, 11) is 0. The van der Waals surface area contributed by atoms with Crippen LogP contribution < -0.4 is 10.6 Å². The molecule has 0 bridgehead atoms. The predicted octanol–water partition coefficient (Wildman–Crippen LogP) is 2.14. The lowest BCUT2D eigenvalue weighted by Gasteiger charge is -2.17. The van der Waals surface area contributed by atoms with Crippen molar-refractivity contribution in [2.75, 3.05) is 12.0 Å². The normalized spacial score (nSPS) is 14.7. The molecule has 1 aliphatic heterocycles. The fourth-order valence-electron chi connectivity index (χ4n) is 1.50. The molecule has 0 amide bonds. The molecule has 78 valence electrons. The third-order valence-corrected chi connectivity index (χ3v) is 2.24. The highest BCUT2D eigenvalue weighted by atomic mass is 15.1. The van der Waals surface area contributed by atoms with Gasteiger partial charge < -0.3 is 5.32 Å². The van der Waals surface area contributed by atoms with E-state index in [4.69, 9.17) is 0 Å². The van der Waals surface area contributed by atoms with Gasteiger partial charge in [0.15, 0.2) is 0 Å². The molecule has 1 aliphatic rings. The summed E-state index contributed by atoms with van der Waals surface area (Å²) in [5.41, 5.74) is 3.37. The Hall–Kier alpha value is -1.61. The molecule has 0 saturated carbocycles. The lowest BCUT2D eigenvalue weighted by atomic mass is 10.1. The molecule has 2 N–H and O–H groups in total. The average Bonchev–Trinajstić information content (AvgIpc) is 2.26. The second-order valence-corrected chi connectivity index (χ2v) is 3.74. The van der Waals surface area contributed by atoms with Crippen LogP contribution in [0.4, 0.5) is 5.82 Å². The minimum atomic E-state index is 0.793. The maximum absolute atomic E-state index is 4.37. The number of anilines is 1. The predicted molar refractivity (Wildman–Crippen MR) is 63.4 cm³/mol. The molecule has 3 nitrogen and oxygen atoms in total. The quantitative estimate of drug-likeness (QED) is 0.720. The molecule has 0 unspecified atom stereocenters. The van der Waals surface area contributed by atoms with Crippen molar-refractivity contribution in [3.63, 3.8) is 0 Å². The molecule has 15 heavy (non-hydrogen) atoms. The molecule has 0 fully saturated rings. The van der Waals surface area contributed by atoms with Gasteiger partial charge in [-0.25, -0.2) is 4.98 Å². The Kier molecular flexibility index (Phi) is 2.83. The summed E-state index contributed by atoms with van der Waals surface area (Å²) >= 11 is 0. The summed E-state index contributed by atoms with van der Waals surface area (Å²) in [5.74, 6) is 0.987. The largest absolute Gasteiger partial charge is 0.357 e. The molecule has 0 atom stereocenters. The van der Waals surface area contributed by atoms with Gasteiger partial charge in [-0.15, -0.1) is 0 Å². The van der Waals surface area contributed by atoms with Crippen LogP contribution in [0.3, 0.4) is 0 Å². The standard InChI is InChI=1S/C12H15N3/c1-9(2)3-4-10-5-11-7-13-8-15-12(11)14-6-10/h3-6,13H,1,7-8H2,2H3,(H,14,15)/b4-3+. The number of hydrogen-bond donors (Lipinski definition) is 2. The van der Waals surface area contributed by atoms with Crippen molar-refractivity contribution < 1.29 is 0 Å². The van der Waals surface area contributed by atoms with Gasteiger partial charge in [0.1, 0.15) is 5.82 Å². The fourth-order valence-corrected chi connectivity index (χ4v) is 1.50. The molecule has 3 heteroatoms. The van der Waals surface area contributed by atoms with Crippen molar-refractivity contribution in [2.45, 2.75) is 13.5 Å². The van der Waals surface area contributed by atoms with Crippen molar-refractivity contribution in [1.82, 2.24) is 10.3 Å². The van der Waals surface area contributed by atoms with E-state index in [1.165, 1.54) is 5.56 Å². The van der Waals surface area contributed by atoms with Crippen LogP contribution >= 0.6 is 0 Å². The molecule has 2 rings (SSSR count). The van der Waals surface area contributed by atoms with Crippen LogP contribution in [0, 0.1) is 0 Å². The summed E-state index contributed by atoms with van der Waals surface area (Å²) < 4.78 is 0. The van der Waals surface area contributed by atoms with Crippen molar-refractivity contribution in [2.24, 2.45) is 0 Å². The zero-order valence-electron chi connectivity index (χ0n) is 8.88. The maximum atomic E-state index is 4.37. The van der Waals surface area contributed by atoms with Crippen molar-refractivity contribution >= 4 is 11.9 Å². The first-order chi connectivity index (χ1) is 7.25. The van der Waals surface area contributed by atoms with Gasteiger partial charge in [0, 0.05) is 18.3 Å². The average molecular weight is 201 g/mol. The number of aromatic nitrogens is 1. The van der Waals surface area contributed by atoms with Crippen molar-refractivity contribution in [3.8, 4) is 0 Å². The molecular weight excluding hydrogens is 186 g/mol. The Bertz CT molecular complexity index is 407. The number of allylic oxidation sites excluding steroid dienone is 2. The van der Waals surface area contributed by atoms with E-state index < -0.39 is 0 Å². The van der Waals surface area contributed by atoms with Crippen LogP contribution in [0.25, 0.3) is 6.08 Å². The number of nitrogens with zero attached hydrogens (tertiary/aromatic N) is 1. The second kappa shape index (κ2) is 4.28. The Morgan fingerprint density at radius 3 is 3.27 bits per heavy atom. The molecule has 2 heterocycles. The highest BCUT2D eigenvalue weighted by Crippen LogP contribution is 2.17. The van der Waals surface area contributed by atoms with Gasteiger partial charge in [-0.05, 0) is 18.6 Å². The third-order valence-electron chi connectivity index (χ3n) is 2.24. The van der Waals surface area contributed by atoms with E-state index >= 15 is 0 Å². The Morgan fingerprint density at radius 1 is 1.60 bits per heavy atom. The van der Waals surface area contributed by atoms with Gasteiger partial charge in [-0.2, -0.15) is 0 Å². The van der Waals surface area contributed by atoms with Crippen molar-refractivity contribution in [3.05, 3.63) is 41.6 Å². The Morgan fingerprint density at radius 2 is 2.47 bits per heavy atom. The summed E-state index contributed by atoms with van der Waals surface area (Å²) in [6.07, 6.45) is 5.90. The smallest absolute Gasteiger partial charge is 0.131 e. The number of hydrogen-bond acceptors (Lipinski definition) is 3. The highest BCUT2D eigenvalue weighted by molar-refractivity contribution is 5.57. The van der Waals surface area contributed by atoms with E-state index in [1.54, 1.807) is 0 Å². The van der Waals surface area contributed by atoms with Crippen LogP contribution in [-0.4, -0.2) is 11.7 Å². The summed E-state index contributed by atoms with van der Waals surface area (Å²) in [6, 6.07) is 2.14. The molecule has 0 saturated heterocycles. The van der Waals surface area contributed by atoms with Crippen molar-refractivity contribution in [1.29, 1.82) is 0 Å². The highest BCUT2D eigenvalue weighted by Gasteiger charge is 2.08. The zero-order chi connectivity index (χ0) is 10.7. The monoisotopic (exact) mass is 201 g/mol. The summed E-state index contributed by atoms with van der Waals surface area (Å²) in [5, 5.41) is 6.43. The molecule has 0 aliphatic carbocycles. The zero-order valence-corrected chi connectivity index (χ0v) is 8.88. The minimum Gasteiger partial charge on any atom is -0.357 e. The van der Waals surface area contributed by atoms with E-state index in [2.05, 4.69) is 28.3 Å². The first-order valence-corrected chi connectivity index (χ1v) is 5.03.